The quantitative estimate of drug-likeness (QED) is 0.277. The van der Waals surface area contributed by atoms with Gasteiger partial charge in [0.15, 0.2) is 0 Å². The molecule has 180 valence electrons. The minimum Gasteiger partial charge on any atom is -0.356 e. The molecular weight excluding hydrogens is 432 g/mol. The molecule has 1 saturated carbocycles. The number of piperidine rings is 2. The molecule has 4 saturated heterocycles. The van der Waals surface area contributed by atoms with E-state index in [9.17, 15) is 9.59 Å². The highest BCUT2D eigenvalue weighted by molar-refractivity contribution is 6.21. The Morgan fingerprint density at radius 3 is 2.59 bits per heavy atom. The third-order valence-electron chi connectivity index (χ3n) is 8.13. The Morgan fingerprint density at radius 1 is 1.03 bits per heavy atom. The molecule has 10 nitrogen and oxygen atoms in total. The van der Waals surface area contributed by atoms with Crippen LogP contribution in [0.5, 0.6) is 0 Å². The largest absolute Gasteiger partial charge is 0.356 e. The highest BCUT2D eigenvalue weighted by atomic mass is 35.5. The second-order valence-electron chi connectivity index (χ2n) is 9.98. The predicted molar refractivity (Wildman–Crippen MR) is 121 cm³/mol. The maximum atomic E-state index is 13.2. The number of carbonyl (C=O) groups excluding carboxylic acids is 2. The van der Waals surface area contributed by atoms with E-state index in [-0.39, 0.29) is 47.5 Å². The van der Waals surface area contributed by atoms with E-state index < -0.39 is 0 Å². The molecule has 0 spiro atoms. The molecule has 0 aromatic carbocycles. The van der Waals surface area contributed by atoms with Crippen molar-refractivity contribution in [1.29, 1.82) is 0 Å². The Kier molecular flexibility index (Phi) is 6.90. The van der Waals surface area contributed by atoms with Gasteiger partial charge in [-0.15, -0.1) is 11.6 Å². The molecule has 8 unspecified atom stereocenters. The fraction of sp³-hybridized carbons (Fsp3) is 0.905. The van der Waals surface area contributed by atoms with Crippen LogP contribution in [-0.2, 0) is 9.59 Å². The second-order valence-corrected chi connectivity index (χ2v) is 10.5. The van der Waals surface area contributed by atoms with E-state index in [2.05, 4.69) is 37.0 Å². The molecule has 5 aliphatic rings. The van der Waals surface area contributed by atoms with Crippen LogP contribution >= 0.6 is 11.6 Å². The minimum absolute atomic E-state index is 0.000499. The monoisotopic (exact) mass is 468 g/mol. The summed E-state index contributed by atoms with van der Waals surface area (Å²) in [5.41, 5.74) is 6.54. The van der Waals surface area contributed by atoms with Crippen LogP contribution in [0.3, 0.4) is 0 Å². The molecule has 0 radical (unpaired) electrons. The Morgan fingerprint density at radius 2 is 1.81 bits per heavy atom. The number of fused-ring (bicyclic) bond motifs is 1. The zero-order valence-electron chi connectivity index (χ0n) is 18.8. The standard InChI is InChI=1S/C21H37ClN8O2/c1-29-17(11-25-18(29)14-3-2-4-15-13(14)5-6-23-20(15)31)21(32)28-12-9-16(22)19(24-10-12)30-26-7-8-27-30/h12-19,24-27H,2-11H2,1H3,(H,23,31)(H,28,32). The smallest absolute Gasteiger partial charge is 0.238 e. The molecule has 8 atom stereocenters. The summed E-state index contributed by atoms with van der Waals surface area (Å²) in [4.78, 5) is 27.7. The van der Waals surface area contributed by atoms with Gasteiger partial charge in [0.05, 0.1) is 11.5 Å². The van der Waals surface area contributed by atoms with Crippen molar-refractivity contribution < 1.29 is 9.59 Å². The van der Waals surface area contributed by atoms with Crippen LogP contribution in [0.2, 0.25) is 0 Å². The first-order valence-electron chi connectivity index (χ1n) is 12.2. The van der Waals surface area contributed by atoms with Gasteiger partial charge in [-0.05, 0) is 44.6 Å². The minimum atomic E-state index is -0.203. The molecule has 32 heavy (non-hydrogen) atoms. The zero-order valence-corrected chi connectivity index (χ0v) is 19.5. The number of amides is 2. The van der Waals surface area contributed by atoms with Crippen LogP contribution in [0.1, 0.15) is 32.1 Å². The summed E-state index contributed by atoms with van der Waals surface area (Å²) >= 11 is 6.64. The van der Waals surface area contributed by atoms with E-state index in [1.165, 1.54) is 0 Å². The van der Waals surface area contributed by atoms with E-state index in [0.717, 1.165) is 51.7 Å². The molecule has 4 aliphatic heterocycles. The first-order chi connectivity index (χ1) is 15.5. The predicted octanol–water partition coefficient (Wildman–Crippen LogP) is -1.50. The lowest BCUT2D eigenvalue weighted by Gasteiger charge is -2.44. The lowest BCUT2D eigenvalue weighted by molar-refractivity contribution is -0.133. The number of hydrogen-bond donors (Lipinski definition) is 6. The normalized spacial score (nSPS) is 43.6. The number of alkyl halides is 1. The van der Waals surface area contributed by atoms with Gasteiger partial charge in [-0.25, -0.2) is 10.9 Å². The van der Waals surface area contributed by atoms with Gasteiger partial charge in [0.2, 0.25) is 11.8 Å². The maximum Gasteiger partial charge on any atom is 0.238 e. The van der Waals surface area contributed by atoms with E-state index in [1.54, 1.807) is 0 Å². The van der Waals surface area contributed by atoms with E-state index in [1.807, 2.05) is 12.2 Å². The molecule has 4 heterocycles. The van der Waals surface area contributed by atoms with Crippen molar-refractivity contribution in [2.45, 2.75) is 61.9 Å². The second kappa shape index (κ2) is 9.69. The number of carbonyl (C=O) groups is 2. The summed E-state index contributed by atoms with van der Waals surface area (Å²) < 4.78 is 0. The van der Waals surface area contributed by atoms with Gasteiger partial charge in [0, 0.05) is 44.7 Å². The summed E-state index contributed by atoms with van der Waals surface area (Å²) in [7, 11) is 2.05. The van der Waals surface area contributed by atoms with Crippen molar-refractivity contribution >= 4 is 23.4 Å². The van der Waals surface area contributed by atoms with Crippen LogP contribution < -0.4 is 32.1 Å². The van der Waals surface area contributed by atoms with E-state index in [0.29, 0.717) is 24.9 Å². The third kappa shape index (κ3) is 4.38. The lowest BCUT2D eigenvalue weighted by Crippen LogP contribution is -2.65. The third-order valence-corrected chi connectivity index (χ3v) is 8.55. The van der Waals surface area contributed by atoms with Gasteiger partial charge in [-0.1, -0.05) is 6.42 Å². The number of rotatable bonds is 4. The highest BCUT2D eigenvalue weighted by Crippen LogP contribution is 2.42. The number of nitrogens with zero attached hydrogens (tertiary/aromatic N) is 2. The Labute approximate surface area is 194 Å². The molecule has 5 rings (SSSR count). The first-order valence-corrected chi connectivity index (χ1v) is 12.6. The van der Waals surface area contributed by atoms with E-state index >= 15 is 0 Å². The summed E-state index contributed by atoms with van der Waals surface area (Å²) in [5, 5.41) is 15.2. The zero-order chi connectivity index (χ0) is 22.2. The molecule has 11 heteroatoms. The van der Waals surface area contributed by atoms with Crippen molar-refractivity contribution in [3.63, 3.8) is 0 Å². The van der Waals surface area contributed by atoms with Crippen LogP contribution in [-0.4, -0.2) is 91.4 Å². The molecule has 0 aromatic rings. The number of halogens is 1. The fourth-order valence-electron chi connectivity index (χ4n) is 6.51. The van der Waals surface area contributed by atoms with Crippen LogP contribution in [0, 0.1) is 17.8 Å². The van der Waals surface area contributed by atoms with Crippen molar-refractivity contribution in [2.75, 3.05) is 39.8 Å². The average molecular weight is 469 g/mol. The molecule has 0 aromatic heterocycles. The average Bonchev–Trinajstić information content (AvgIpc) is 3.44. The Balaban J connectivity index is 1.16. The number of hydrogen-bond acceptors (Lipinski definition) is 8. The summed E-state index contributed by atoms with van der Waals surface area (Å²) in [6, 6.07) is -0.191. The molecule has 1 aliphatic carbocycles. The lowest BCUT2D eigenvalue weighted by atomic mass is 9.67. The molecule has 0 bridgehead atoms. The van der Waals surface area contributed by atoms with E-state index in [4.69, 9.17) is 11.6 Å². The number of likely N-dealkylation sites (N-methyl/N-ethyl adjacent to an activating group) is 1. The Hall–Kier alpha value is -1.01. The van der Waals surface area contributed by atoms with Gasteiger partial charge in [-0.3, -0.25) is 25.1 Å². The van der Waals surface area contributed by atoms with Crippen LogP contribution in [0.25, 0.3) is 0 Å². The van der Waals surface area contributed by atoms with Gasteiger partial charge in [-0.2, -0.15) is 5.12 Å². The van der Waals surface area contributed by atoms with Gasteiger partial charge >= 0.3 is 0 Å². The molecule has 6 N–H and O–H groups in total. The number of nitrogens with one attached hydrogen (secondary N) is 6. The maximum absolute atomic E-state index is 13.2. The topological polar surface area (TPSA) is 113 Å². The SMILES string of the molecule is CN1C(C(=O)NC2CNC(N3NCCN3)C(Cl)C2)CNC1C1CCCC2C(=O)NCCC21. The molecule has 2 amide bonds. The van der Waals surface area contributed by atoms with Crippen molar-refractivity contribution in [2.24, 2.45) is 17.8 Å². The van der Waals surface area contributed by atoms with Crippen molar-refractivity contribution in [1.82, 2.24) is 42.1 Å². The Bertz CT molecular complexity index is 707. The summed E-state index contributed by atoms with van der Waals surface area (Å²) in [6.45, 7) is 3.87. The van der Waals surface area contributed by atoms with Crippen LogP contribution in [0.4, 0.5) is 0 Å². The van der Waals surface area contributed by atoms with Gasteiger partial charge < -0.3 is 10.6 Å². The highest BCUT2D eigenvalue weighted by Gasteiger charge is 2.47. The van der Waals surface area contributed by atoms with Gasteiger partial charge in [0.25, 0.3) is 0 Å². The summed E-state index contributed by atoms with van der Waals surface area (Å²) in [6.07, 6.45) is 5.09. The summed E-state index contributed by atoms with van der Waals surface area (Å²) in [5.74, 6) is 1.23. The first kappa shape index (κ1) is 22.8. The molecular formula is C21H37ClN8O2. The van der Waals surface area contributed by atoms with Crippen molar-refractivity contribution in [3.05, 3.63) is 0 Å². The fourth-order valence-corrected chi connectivity index (χ4v) is 6.93. The van der Waals surface area contributed by atoms with Gasteiger partial charge in [0.1, 0.15) is 12.2 Å². The molecule has 5 fully saturated rings. The van der Waals surface area contributed by atoms with Crippen molar-refractivity contribution in [3.8, 4) is 0 Å². The number of hydrazine groups is 2. The van der Waals surface area contributed by atoms with Crippen LogP contribution in [0.15, 0.2) is 0 Å².